The van der Waals surface area contributed by atoms with Gasteiger partial charge in [0.25, 0.3) is 0 Å². The minimum atomic E-state index is -0.456. The molecule has 2 saturated heterocycles. The van der Waals surface area contributed by atoms with Crippen LogP contribution in [0.4, 0.5) is 23.3 Å². The summed E-state index contributed by atoms with van der Waals surface area (Å²) in [6.07, 6.45) is 1.12. The second-order valence-electron chi connectivity index (χ2n) is 7.48. The summed E-state index contributed by atoms with van der Waals surface area (Å²) in [5, 5.41) is 11.6. The highest BCUT2D eigenvalue weighted by Gasteiger charge is 2.32. The Morgan fingerprint density at radius 3 is 2.24 bits per heavy atom. The summed E-state index contributed by atoms with van der Waals surface area (Å²) >= 11 is 0. The van der Waals surface area contributed by atoms with Gasteiger partial charge in [0.15, 0.2) is 0 Å². The number of aromatic nitrogens is 2. The van der Waals surface area contributed by atoms with Crippen molar-refractivity contribution in [1.82, 2.24) is 14.9 Å². The van der Waals surface area contributed by atoms with E-state index in [9.17, 15) is 10.1 Å². The molecule has 138 valence electrons. The molecule has 3 heterocycles. The third-order valence-corrected chi connectivity index (χ3v) is 5.02. The molecule has 2 N–H and O–H groups in total. The molecule has 3 rings (SSSR count). The van der Waals surface area contributed by atoms with Gasteiger partial charge in [-0.3, -0.25) is 10.1 Å². The van der Waals surface area contributed by atoms with Crippen LogP contribution < -0.4 is 15.5 Å². The van der Waals surface area contributed by atoms with Gasteiger partial charge in [0.2, 0.25) is 17.6 Å². The Morgan fingerprint density at radius 2 is 1.68 bits per heavy atom. The Hall–Kier alpha value is -2.16. The first-order chi connectivity index (χ1) is 11.8. The predicted molar refractivity (Wildman–Crippen MR) is 98.0 cm³/mol. The summed E-state index contributed by atoms with van der Waals surface area (Å²) in [5.41, 5.74) is 5.81. The first-order valence-electron chi connectivity index (χ1n) is 8.85. The third-order valence-electron chi connectivity index (χ3n) is 5.02. The van der Waals surface area contributed by atoms with Crippen molar-refractivity contribution in [1.29, 1.82) is 0 Å². The first-order valence-corrected chi connectivity index (χ1v) is 8.85. The molecular weight excluding hydrogens is 322 g/mol. The maximum absolute atomic E-state index is 11.6. The summed E-state index contributed by atoms with van der Waals surface area (Å²) in [7, 11) is 2.07. The van der Waals surface area contributed by atoms with Crippen molar-refractivity contribution in [2.45, 2.75) is 20.3 Å². The molecule has 0 amide bonds. The standard InChI is InChI=1S/C16H27N7O2/c1-11-8-12(2)10-22(9-11)15-13(23(24)25)14(17)18-16(19-15)21-6-4-20(3)5-7-21/h11-12H,4-10H2,1-3H3,(H2,17,18,19)/t11-,12+. The van der Waals surface area contributed by atoms with E-state index >= 15 is 0 Å². The van der Waals surface area contributed by atoms with E-state index in [2.05, 4.69) is 40.7 Å². The van der Waals surface area contributed by atoms with Gasteiger partial charge in [-0.2, -0.15) is 9.97 Å². The van der Waals surface area contributed by atoms with Crippen LogP contribution in [0.2, 0.25) is 0 Å². The van der Waals surface area contributed by atoms with E-state index in [1.807, 2.05) is 4.90 Å². The Labute approximate surface area is 148 Å². The lowest BCUT2D eigenvalue weighted by Crippen LogP contribution is -2.45. The molecule has 2 fully saturated rings. The minimum absolute atomic E-state index is 0.0465. The normalized spacial score (nSPS) is 25.2. The first kappa shape index (κ1) is 17.7. The fourth-order valence-corrected chi connectivity index (χ4v) is 3.83. The van der Waals surface area contributed by atoms with Crippen LogP contribution in [-0.4, -0.2) is 66.1 Å². The molecule has 9 nitrogen and oxygen atoms in total. The molecule has 0 spiro atoms. The Kier molecular flexibility index (Phi) is 4.94. The van der Waals surface area contributed by atoms with Crippen LogP contribution in [0, 0.1) is 22.0 Å². The Balaban J connectivity index is 1.97. The van der Waals surface area contributed by atoms with Crippen molar-refractivity contribution >= 4 is 23.3 Å². The maximum Gasteiger partial charge on any atom is 0.353 e. The largest absolute Gasteiger partial charge is 0.378 e. The van der Waals surface area contributed by atoms with Gasteiger partial charge in [-0.25, -0.2) is 0 Å². The molecule has 2 atom stereocenters. The number of nitrogens with zero attached hydrogens (tertiary/aromatic N) is 6. The van der Waals surface area contributed by atoms with Crippen LogP contribution in [0.15, 0.2) is 0 Å². The molecule has 0 unspecified atom stereocenters. The second kappa shape index (κ2) is 6.99. The molecule has 0 bridgehead atoms. The van der Waals surface area contributed by atoms with Crippen LogP contribution >= 0.6 is 0 Å². The fourth-order valence-electron chi connectivity index (χ4n) is 3.83. The number of hydrogen-bond donors (Lipinski definition) is 1. The molecule has 9 heteroatoms. The molecule has 2 aliphatic rings. The number of nitrogens with two attached hydrogens (primary N) is 1. The van der Waals surface area contributed by atoms with E-state index in [0.29, 0.717) is 23.6 Å². The van der Waals surface area contributed by atoms with Gasteiger partial charge in [0.05, 0.1) is 4.92 Å². The lowest BCUT2D eigenvalue weighted by Gasteiger charge is -2.36. The number of piperidine rings is 1. The molecule has 25 heavy (non-hydrogen) atoms. The van der Waals surface area contributed by atoms with Crippen LogP contribution in [0.25, 0.3) is 0 Å². The highest BCUT2D eigenvalue weighted by Crippen LogP contribution is 2.36. The summed E-state index contributed by atoms with van der Waals surface area (Å²) in [6.45, 7) is 9.25. The van der Waals surface area contributed by atoms with Crippen LogP contribution in [-0.2, 0) is 0 Å². The van der Waals surface area contributed by atoms with Crippen molar-refractivity contribution in [3.05, 3.63) is 10.1 Å². The highest BCUT2D eigenvalue weighted by molar-refractivity contribution is 5.71. The van der Waals surface area contributed by atoms with Crippen LogP contribution in [0.3, 0.4) is 0 Å². The summed E-state index contributed by atoms with van der Waals surface area (Å²) < 4.78 is 0. The van der Waals surface area contributed by atoms with E-state index in [1.54, 1.807) is 0 Å². The number of nitrogen functional groups attached to an aromatic ring is 1. The molecule has 0 aliphatic carbocycles. The van der Waals surface area contributed by atoms with E-state index < -0.39 is 4.92 Å². The average molecular weight is 349 g/mol. The molecule has 0 aromatic carbocycles. The highest BCUT2D eigenvalue weighted by atomic mass is 16.6. The smallest absolute Gasteiger partial charge is 0.353 e. The molecule has 2 aliphatic heterocycles. The van der Waals surface area contributed by atoms with Gasteiger partial charge in [0.1, 0.15) is 0 Å². The van der Waals surface area contributed by atoms with Crippen molar-refractivity contribution in [3.8, 4) is 0 Å². The molecule has 0 saturated carbocycles. The predicted octanol–water partition coefficient (Wildman–Crippen LogP) is 1.20. The van der Waals surface area contributed by atoms with Gasteiger partial charge in [-0.15, -0.1) is 0 Å². The molecule has 0 radical (unpaired) electrons. The lowest BCUT2D eigenvalue weighted by atomic mass is 9.92. The Morgan fingerprint density at radius 1 is 1.08 bits per heavy atom. The number of anilines is 3. The van der Waals surface area contributed by atoms with Gasteiger partial charge >= 0.3 is 5.69 Å². The van der Waals surface area contributed by atoms with E-state index in [1.165, 1.54) is 0 Å². The number of rotatable bonds is 3. The number of piperazine rings is 1. The summed E-state index contributed by atoms with van der Waals surface area (Å²) in [5.74, 6) is 1.75. The second-order valence-corrected chi connectivity index (χ2v) is 7.48. The zero-order chi connectivity index (χ0) is 18.1. The maximum atomic E-state index is 11.6. The SMILES string of the molecule is C[C@@H]1C[C@H](C)CN(c2nc(N3CCN(C)CC3)nc(N)c2[N+](=O)[O-])C1. The number of hydrogen-bond acceptors (Lipinski definition) is 8. The average Bonchev–Trinajstić information content (AvgIpc) is 2.53. The third kappa shape index (κ3) is 3.76. The summed E-state index contributed by atoms with van der Waals surface area (Å²) in [4.78, 5) is 26.3. The quantitative estimate of drug-likeness (QED) is 0.641. The van der Waals surface area contributed by atoms with E-state index in [0.717, 1.165) is 45.7 Å². The number of nitro groups is 1. The van der Waals surface area contributed by atoms with E-state index in [4.69, 9.17) is 5.73 Å². The Bertz CT molecular complexity index is 636. The minimum Gasteiger partial charge on any atom is -0.378 e. The number of likely N-dealkylation sites (N-methyl/N-ethyl adjacent to an activating group) is 1. The molecule has 1 aromatic rings. The van der Waals surface area contributed by atoms with E-state index in [-0.39, 0.29) is 11.5 Å². The lowest BCUT2D eigenvalue weighted by molar-refractivity contribution is -0.383. The van der Waals surface area contributed by atoms with Crippen LogP contribution in [0.5, 0.6) is 0 Å². The van der Waals surface area contributed by atoms with Gasteiger partial charge in [-0.1, -0.05) is 13.8 Å². The van der Waals surface area contributed by atoms with Gasteiger partial charge in [-0.05, 0) is 25.3 Å². The van der Waals surface area contributed by atoms with Crippen molar-refractivity contribution in [2.75, 3.05) is 61.8 Å². The molecular formula is C16H27N7O2. The fraction of sp³-hybridized carbons (Fsp3) is 0.750. The molecule has 1 aromatic heterocycles. The van der Waals surface area contributed by atoms with Crippen molar-refractivity contribution in [3.63, 3.8) is 0 Å². The topological polar surface area (TPSA) is 105 Å². The summed E-state index contributed by atoms with van der Waals surface area (Å²) in [6, 6.07) is 0. The monoisotopic (exact) mass is 349 g/mol. The van der Waals surface area contributed by atoms with Crippen LogP contribution in [0.1, 0.15) is 20.3 Å². The van der Waals surface area contributed by atoms with Crippen molar-refractivity contribution < 1.29 is 4.92 Å². The zero-order valence-corrected chi connectivity index (χ0v) is 15.2. The van der Waals surface area contributed by atoms with Gasteiger partial charge < -0.3 is 20.4 Å². The zero-order valence-electron chi connectivity index (χ0n) is 15.2. The van der Waals surface area contributed by atoms with Crippen molar-refractivity contribution in [2.24, 2.45) is 11.8 Å². The van der Waals surface area contributed by atoms with Gasteiger partial charge in [0, 0.05) is 39.3 Å².